The summed E-state index contributed by atoms with van der Waals surface area (Å²) in [6, 6.07) is 8.13. The molecule has 0 aromatic heterocycles. The topological polar surface area (TPSA) is 69.6 Å². The van der Waals surface area contributed by atoms with Crippen LogP contribution in [0.5, 0.6) is 5.75 Å². The van der Waals surface area contributed by atoms with Gasteiger partial charge in [-0.2, -0.15) is 0 Å². The number of nitrogens with one attached hydrogen (secondary N) is 1. The first kappa shape index (κ1) is 24.3. The van der Waals surface area contributed by atoms with Crippen LogP contribution in [0.1, 0.15) is 31.7 Å². The SMILES string of the molecule is CCNC(=NCc1cccc(OCCCOC)c1)N1CCN(CC(=O)N2CCCC2)CC1. The highest BCUT2D eigenvalue weighted by atomic mass is 16.5. The maximum Gasteiger partial charge on any atom is 0.236 e. The van der Waals surface area contributed by atoms with Gasteiger partial charge in [-0.3, -0.25) is 9.69 Å². The summed E-state index contributed by atoms with van der Waals surface area (Å²) in [4.78, 5) is 23.9. The largest absolute Gasteiger partial charge is 0.493 e. The monoisotopic (exact) mass is 445 g/mol. The van der Waals surface area contributed by atoms with Crippen LogP contribution in [0.3, 0.4) is 0 Å². The van der Waals surface area contributed by atoms with E-state index in [0.717, 1.165) is 82.3 Å². The number of hydrogen-bond donors (Lipinski definition) is 1. The molecule has 1 aromatic rings. The van der Waals surface area contributed by atoms with Gasteiger partial charge in [0.25, 0.3) is 0 Å². The molecular formula is C24H39N5O3. The maximum atomic E-state index is 12.4. The van der Waals surface area contributed by atoms with Crippen molar-refractivity contribution in [3.8, 4) is 5.75 Å². The van der Waals surface area contributed by atoms with Crippen LogP contribution in [0.2, 0.25) is 0 Å². The first-order valence-electron chi connectivity index (χ1n) is 11.9. The third kappa shape index (κ3) is 7.67. The molecule has 0 radical (unpaired) electrons. The number of carbonyl (C=O) groups is 1. The fourth-order valence-electron chi connectivity index (χ4n) is 4.09. The van der Waals surface area contributed by atoms with E-state index in [9.17, 15) is 4.79 Å². The Hall–Kier alpha value is -2.32. The number of methoxy groups -OCH3 is 1. The molecule has 1 N–H and O–H groups in total. The van der Waals surface area contributed by atoms with E-state index in [2.05, 4.69) is 34.2 Å². The summed E-state index contributed by atoms with van der Waals surface area (Å²) >= 11 is 0. The van der Waals surface area contributed by atoms with Gasteiger partial charge in [0.1, 0.15) is 5.75 Å². The number of likely N-dealkylation sites (tertiary alicyclic amines) is 1. The lowest BCUT2D eigenvalue weighted by molar-refractivity contribution is -0.131. The van der Waals surface area contributed by atoms with Crippen LogP contribution in [0, 0.1) is 0 Å². The molecule has 8 nitrogen and oxygen atoms in total. The van der Waals surface area contributed by atoms with E-state index < -0.39 is 0 Å². The van der Waals surface area contributed by atoms with Gasteiger partial charge < -0.3 is 24.6 Å². The molecule has 2 heterocycles. The highest BCUT2D eigenvalue weighted by Crippen LogP contribution is 2.15. The molecule has 0 saturated carbocycles. The lowest BCUT2D eigenvalue weighted by atomic mass is 10.2. The molecule has 0 atom stereocenters. The van der Waals surface area contributed by atoms with Crippen LogP contribution in [0.15, 0.2) is 29.3 Å². The van der Waals surface area contributed by atoms with Crippen molar-refractivity contribution in [2.75, 3.05) is 72.7 Å². The second-order valence-electron chi connectivity index (χ2n) is 8.36. The lowest BCUT2D eigenvalue weighted by Crippen LogP contribution is -2.54. The third-order valence-corrected chi connectivity index (χ3v) is 5.90. The van der Waals surface area contributed by atoms with Crippen LogP contribution in [0.4, 0.5) is 0 Å². The number of guanidine groups is 1. The number of hydrogen-bond acceptors (Lipinski definition) is 5. The second kappa shape index (κ2) is 13.3. The average Bonchev–Trinajstić information content (AvgIpc) is 3.36. The molecule has 0 bridgehead atoms. The minimum atomic E-state index is 0.279. The van der Waals surface area contributed by atoms with Gasteiger partial charge in [0.05, 0.1) is 19.7 Å². The summed E-state index contributed by atoms with van der Waals surface area (Å²) in [5.41, 5.74) is 1.12. The third-order valence-electron chi connectivity index (χ3n) is 5.90. The summed E-state index contributed by atoms with van der Waals surface area (Å²) in [7, 11) is 1.70. The summed E-state index contributed by atoms with van der Waals surface area (Å²) in [5.74, 6) is 2.08. The quantitative estimate of drug-likeness (QED) is 0.337. The molecule has 32 heavy (non-hydrogen) atoms. The zero-order valence-electron chi connectivity index (χ0n) is 19.7. The summed E-state index contributed by atoms with van der Waals surface area (Å²) in [6.45, 7) is 10.8. The fourth-order valence-corrected chi connectivity index (χ4v) is 4.09. The Labute approximate surface area is 192 Å². The van der Waals surface area contributed by atoms with Gasteiger partial charge in [-0.15, -0.1) is 0 Å². The number of amides is 1. The molecule has 8 heteroatoms. The predicted molar refractivity (Wildman–Crippen MR) is 127 cm³/mol. The molecule has 2 aliphatic heterocycles. The molecule has 3 rings (SSSR count). The normalized spacial score (nSPS) is 17.6. The highest BCUT2D eigenvalue weighted by molar-refractivity contribution is 5.80. The zero-order valence-corrected chi connectivity index (χ0v) is 19.7. The molecule has 0 spiro atoms. The molecule has 0 aliphatic carbocycles. The Morgan fingerprint density at radius 2 is 1.84 bits per heavy atom. The van der Waals surface area contributed by atoms with Gasteiger partial charge >= 0.3 is 0 Å². The zero-order chi connectivity index (χ0) is 22.6. The second-order valence-corrected chi connectivity index (χ2v) is 8.36. The van der Waals surface area contributed by atoms with E-state index in [1.165, 1.54) is 0 Å². The van der Waals surface area contributed by atoms with E-state index in [1.54, 1.807) is 7.11 Å². The molecule has 1 amide bonds. The minimum Gasteiger partial charge on any atom is -0.493 e. The summed E-state index contributed by atoms with van der Waals surface area (Å²) < 4.78 is 10.9. The van der Waals surface area contributed by atoms with Crippen LogP contribution in [0.25, 0.3) is 0 Å². The molecule has 2 saturated heterocycles. The Morgan fingerprint density at radius 1 is 1.06 bits per heavy atom. The van der Waals surface area contributed by atoms with Crippen molar-refractivity contribution in [1.29, 1.82) is 0 Å². The number of ether oxygens (including phenoxy) is 2. The van der Waals surface area contributed by atoms with Crippen LogP contribution < -0.4 is 10.1 Å². The first-order valence-corrected chi connectivity index (χ1v) is 11.9. The molecule has 2 aliphatic rings. The number of benzene rings is 1. The Bertz CT molecular complexity index is 728. The van der Waals surface area contributed by atoms with Gasteiger partial charge in [0.2, 0.25) is 5.91 Å². The van der Waals surface area contributed by atoms with Gasteiger partial charge in [0, 0.05) is 66.0 Å². The van der Waals surface area contributed by atoms with Gasteiger partial charge in [-0.1, -0.05) is 12.1 Å². The Kier molecular flexibility index (Phi) is 10.1. The van der Waals surface area contributed by atoms with Crippen LogP contribution in [-0.4, -0.2) is 99.2 Å². The van der Waals surface area contributed by atoms with E-state index in [0.29, 0.717) is 26.3 Å². The number of aliphatic imine (C=N–C) groups is 1. The van der Waals surface area contributed by atoms with E-state index in [-0.39, 0.29) is 5.91 Å². The minimum absolute atomic E-state index is 0.279. The summed E-state index contributed by atoms with van der Waals surface area (Å²) in [6.07, 6.45) is 3.16. The van der Waals surface area contributed by atoms with Crippen molar-refractivity contribution in [2.24, 2.45) is 4.99 Å². The summed E-state index contributed by atoms with van der Waals surface area (Å²) in [5, 5.41) is 3.42. The molecule has 178 valence electrons. The van der Waals surface area contributed by atoms with Crippen molar-refractivity contribution in [3.05, 3.63) is 29.8 Å². The number of rotatable bonds is 10. The number of piperazine rings is 1. The Balaban J connectivity index is 1.49. The van der Waals surface area contributed by atoms with Gasteiger partial charge in [0.15, 0.2) is 5.96 Å². The van der Waals surface area contributed by atoms with Gasteiger partial charge in [-0.25, -0.2) is 4.99 Å². The van der Waals surface area contributed by atoms with Gasteiger partial charge in [-0.05, 0) is 37.5 Å². The number of nitrogens with zero attached hydrogens (tertiary/aromatic N) is 4. The highest BCUT2D eigenvalue weighted by Gasteiger charge is 2.24. The van der Waals surface area contributed by atoms with Crippen molar-refractivity contribution in [2.45, 2.75) is 32.7 Å². The molecular weight excluding hydrogens is 406 g/mol. The lowest BCUT2D eigenvalue weighted by Gasteiger charge is -2.36. The smallest absolute Gasteiger partial charge is 0.236 e. The Morgan fingerprint density at radius 3 is 2.56 bits per heavy atom. The molecule has 0 unspecified atom stereocenters. The maximum absolute atomic E-state index is 12.4. The molecule has 2 fully saturated rings. The first-order chi connectivity index (χ1) is 15.7. The fraction of sp³-hybridized carbons (Fsp3) is 0.667. The van der Waals surface area contributed by atoms with E-state index in [1.807, 2.05) is 17.0 Å². The van der Waals surface area contributed by atoms with E-state index in [4.69, 9.17) is 14.5 Å². The van der Waals surface area contributed by atoms with Crippen molar-refractivity contribution < 1.29 is 14.3 Å². The van der Waals surface area contributed by atoms with Crippen molar-refractivity contribution in [3.63, 3.8) is 0 Å². The standard InChI is InChI=1S/C24H39N5O3/c1-3-25-24(26-19-21-8-6-9-22(18-21)32-17-7-16-31-2)29-14-12-27(13-15-29)20-23(30)28-10-4-5-11-28/h6,8-9,18H,3-5,7,10-17,19-20H2,1-2H3,(H,25,26). The molecule has 1 aromatic carbocycles. The van der Waals surface area contributed by atoms with Crippen LogP contribution >= 0.6 is 0 Å². The average molecular weight is 446 g/mol. The van der Waals surface area contributed by atoms with Crippen molar-refractivity contribution in [1.82, 2.24) is 20.0 Å². The van der Waals surface area contributed by atoms with E-state index >= 15 is 0 Å². The predicted octanol–water partition coefficient (Wildman–Crippen LogP) is 1.81. The van der Waals surface area contributed by atoms with Crippen molar-refractivity contribution >= 4 is 11.9 Å². The van der Waals surface area contributed by atoms with Crippen LogP contribution in [-0.2, 0) is 16.1 Å². The number of carbonyl (C=O) groups excluding carboxylic acids is 1.